The van der Waals surface area contributed by atoms with Gasteiger partial charge in [0.1, 0.15) is 17.3 Å². The zero-order valence-electron chi connectivity index (χ0n) is 16.2. The third-order valence-electron chi connectivity index (χ3n) is 5.60. The Balaban J connectivity index is 1.63. The molecule has 0 spiro atoms. The molecule has 0 unspecified atom stereocenters. The Morgan fingerprint density at radius 3 is 2.64 bits per heavy atom. The van der Waals surface area contributed by atoms with Crippen LogP contribution in [0.15, 0.2) is 40.8 Å². The molecule has 2 aromatic rings. The second-order valence-corrected chi connectivity index (χ2v) is 9.80. The molecule has 0 aliphatic heterocycles. The van der Waals surface area contributed by atoms with Crippen LogP contribution in [0.4, 0.5) is 4.39 Å². The number of furan rings is 1. The summed E-state index contributed by atoms with van der Waals surface area (Å²) in [6, 6.07) is 8.84. The third-order valence-corrected chi connectivity index (χ3v) is 7.08. The maximum absolute atomic E-state index is 13.7. The Labute approximate surface area is 165 Å². The van der Waals surface area contributed by atoms with Gasteiger partial charge >= 0.3 is 0 Å². The highest BCUT2D eigenvalue weighted by atomic mass is 32.2. The molecule has 1 aromatic carbocycles. The molecule has 28 heavy (non-hydrogen) atoms. The first-order valence-corrected chi connectivity index (χ1v) is 11.4. The smallest absolute Gasteiger partial charge is 0.287 e. The molecule has 1 saturated carbocycles. The van der Waals surface area contributed by atoms with Gasteiger partial charge in [-0.05, 0) is 36.5 Å². The van der Waals surface area contributed by atoms with Gasteiger partial charge in [0.25, 0.3) is 5.91 Å². The van der Waals surface area contributed by atoms with E-state index in [2.05, 4.69) is 19.2 Å². The van der Waals surface area contributed by atoms with Crippen molar-refractivity contribution in [3.05, 3.63) is 59.3 Å². The van der Waals surface area contributed by atoms with Crippen LogP contribution in [0, 0.1) is 17.7 Å². The van der Waals surface area contributed by atoms with Crippen molar-refractivity contribution >= 4 is 15.7 Å². The van der Waals surface area contributed by atoms with Crippen LogP contribution >= 0.6 is 0 Å². The average Bonchev–Trinajstić information content (AvgIpc) is 3.08. The van der Waals surface area contributed by atoms with Crippen molar-refractivity contribution in [3.8, 4) is 0 Å². The minimum atomic E-state index is -3.63. The van der Waals surface area contributed by atoms with Crippen molar-refractivity contribution in [1.82, 2.24) is 5.32 Å². The molecule has 3 atom stereocenters. The van der Waals surface area contributed by atoms with Crippen molar-refractivity contribution in [2.75, 3.05) is 0 Å². The maximum Gasteiger partial charge on any atom is 0.287 e. The second-order valence-electron chi connectivity index (χ2n) is 7.74. The lowest BCUT2D eigenvalue weighted by Gasteiger charge is -2.34. The number of halogens is 1. The first-order valence-electron chi connectivity index (χ1n) is 9.58. The number of amides is 1. The van der Waals surface area contributed by atoms with Gasteiger partial charge in [0.15, 0.2) is 15.6 Å². The topological polar surface area (TPSA) is 76.4 Å². The first kappa shape index (κ1) is 20.6. The largest absolute Gasteiger partial charge is 0.455 e. The number of carbonyl (C=O) groups is 1. The zero-order valence-corrected chi connectivity index (χ0v) is 17.0. The van der Waals surface area contributed by atoms with Crippen LogP contribution < -0.4 is 5.32 Å². The second kappa shape index (κ2) is 8.47. The van der Waals surface area contributed by atoms with Gasteiger partial charge in [-0.2, -0.15) is 0 Å². The Morgan fingerprint density at radius 2 is 1.89 bits per heavy atom. The van der Waals surface area contributed by atoms with Gasteiger partial charge in [0.05, 0.1) is 5.75 Å². The summed E-state index contributed by atoms with van der Waals surface area (Å²) in [6.07, 6.45) is 3.17. The molecule has 1 aliphatic rings. The van der Waals surface area contributed by atoms with Crippen LogP contribution in [-0.2, 0) is 21.3 Å². The normalized spacial score (nSPS) is 22.8. The fourth-order valence-electron chi connectivity index (χ4n) is 3.72. The fraction of sp³-hybridized carbons (Fsp3) is 0.476. The highest BCUT2D eigenvalue weighted by Crippen LogP contribution is 2.29. The fourth-order valence-corrected chi connectivity index (χ4v) is 5.12. The molecule has 3 rings (SSSR count). The van der Waals surface area contributed by atoms with Crippen molar-refractivity contribution in [2.45, 2.75) is 50.7 Å². The molecule has 1 aliphatic carbocycles. The average molecular weight is 408 g/mol. The lowest BCUT2D eigenvalue weighted by molar-refractivity contribution is 0.0861. The number of nitrogens with one attached hydrogen (secondary N) is 1. The lowest BCUT2D eigenvalue weighted by atomic mass is 9.78. The molecule has 7 heteroatoms. The molecule has 1 heterocycles. The van der Waals surface area contributed by atoms with E-state index in [4.69, 9.17) is 4.42 Å². The van der Waals surface area contributed by atoms with E-state index in [9.17, 15) is 17.6 Å². The van der Waals surface area contributed by atoms with Crippen LogP contribution in [0.25, 0.3) is 0 Å². The van der Waals surface area contributed by atoms with Gasteiger partial charge in [0, 0.05) is 11.6 Å². The van der Waals surface area contributed by atoms with Gasteiger partial charge in [-0.3, -0.25) is 4.79 Å². The van der Waals surface area contributed by atoms with E-state index in [0.717, 1.165) is 19.3 Å². The molecule has 5 nitrogen and oxygen atoms in total. The molecule has 0 saturated heterocycles. The van der Waals surface area contributed by atoms with E-state index in [1.54, 1.807) is 6.07 Å². The molecule has 1 aromatic heterocycles. The molecular weight excluding hydrogens is 381 g/mol. The summed E-state index contributed by atoms with van der Waals surface area (Å²) in [5, 5.41) is 3.01. The maximum atomic E-state index is 13.7. The standard InChI is InChI=1S/C21H26FNO4S/c1-14-6-5-9-19(15(14)2)23-21(24)20-11-10-17(27-20)13-28(25,26)12-16-7-3-4-8-18(16)22/h3-4,7-8,10-11,14-15,19H,5-6,9,12-13H2,1-2H3,(H,23,24)/t14-,15-,19+/m1/s1. The summed E-state index contributed by atoms with van der Waals surface area (Å²) in [4.78, 5) is 12.5. The van der Waals surface area contributed by atoms with Crippen LogP contribution in [0.3, 0.4) is 0 Å². The summed E-state index contributed by atoms with van der Waals surface area (Å²) in [5.41, 5.74) is 0.118. The molecule has 1 N–H and O–H groups in total. The summed E-state index contributed by atoms with van der Waals surface area (Å²) >= 11 is 0. The zero-order chi connectivity index (χ0) is 20.3. The number of hydrogen-bond donors (Lipinski definition) is 1. The highest BCUT2D eigenvalue weighted by molar-refractivity contribution is 7.89. The molecule has 1 fully saturated rings. The lowest BCUT2D eigenvalue weighted by Crippen LogP contribution is -2.43. The van der Waals surface area contributed by atoms with Crippen molar-refractivity contribution in [3.63, 3.8) is 0 Å². The predicted molar refractivity (Wildman–Crippen MR) is 105 cm³/mol. The molecular formula is C21H26FNO4S. The Bertz CT molecular complexity index is 937. The van der Waals surface area contributed by atoms with E-state index in [1.165, 1.54) is 30.3 Å². The van der Waals surface area contributed by atoms with Crippen molar-refractivity contribution in [1.29, 1.82) is 0 Å². The number of hydrogen-bond acceptors (Lipinski definition) is 4. The van der Waals surface area contributed by atoms with E-state index >= 15 is 0 Å². The molecule has 152 valence electrons. The SMILES string of the molecule is C[C@@H]1[C@H](C)CCC[C@@H]1NC(=O)c1ccc(CS(=O)(=O)Cc2ccccc2F)o1. The Kier molecular flexibility index (Phi) is 6.23. The van der Waals surface area contributed by atoms with Crippen LogP contribution in [0.1, 0.15) is 55.0 Å². The Morgan fingerprint density at radius 1 is 1.14 bits per heavy atom. The quantitative estimate of drug-likeness (QED) is 0.783. The summed E-state index contributed by atoms with van der Waals surface area (Å²) in [6.45, 7) is 4.33. The van der Waals surface area contributed by atoms with Crippen molar-refractivity contribution in [2.24, 2.45) is 11.8 Å². The molecule has 0 bridgehead atoms. The van der Waals surface area contributed by atoms with Gasteiger partial charge < -0.3 is 9.73 Å². The number of rotatable bonds is 6. The Hall–Kier alpha value is -2.15. The molecule has 0 radical (unpaired) electrons. The third kappa shape index (κ3) is 5.01. The predicted octanol–water partition coefficient (Wildman–Crippen LogP) is 4.09. The van der Waals surface area contributed by atoms with E-state index in [0.29, 0.717) is 11.8 Å². The van der Waals surface area contributed by atoms with Gasteiger partial charge in [-0.15, -0.1) is 0 Å². The van der Waals surface area contributed by atoms with Gasteiger partial charge in [-0.25, -0.2) is 12.8 Å². The number of carbonyl (C=O) groups excluding carboxylic acids is 1. The minimum absolute atomic E-state index is 0.0922. The number of sulfone groups is 1. The van der Waals surface area contributed by atoms with Gasteiger partial charge in [0.2, 0.25) is 0 Å². The van der Waals surface area contributed by atoms with Crippen LogP contribution in [-0.4, -0.2) is 20.4 Å². The van der Waals surface area contributed by atoms with Crippen LogP contribution in [0.5, 0.6) is 0 Å². The van der Waals surface area contributed by atoms with E-state index < -0.39 is 21.4 Å². The van der Waals surface area contributed by atoms with E-state index in [1.807, 2.05) is 0 Å². The first-order chi connectivity index (χ1) is 13.2. The monoisotopic (exact) mass is 407 g/mol. The summed E-state index contributed by atoms with van der Waals surface area (Å²) < 4.78 is 43.9. The number of benzene rings is 1. The minimum Gasteiger partial charge on any atom is -0.455 e. The summed E-state index contributed by atoms with van der Waals surface area (Å²) in [5.74, 6) is -0.480. The van der Waals surface area contributed by atoms with Crippen molar-refractivity contribution < 1.29 is 22.0 Å². The molecule has 1 amide bonds. The van der Waals surface area contributed by atoms with Gasteiger partial charge in [-0.1, -0.05) is 44.9 Å². The van der Waals surface area contributed by atoms with Crippen LogP contribution in [0.2, 0.25) is 0 Å². The summed E-state index contributed by atoms with van der Waals surface area (Å²) in [7, 11) is -3.63. The highest BCUT2D eigenvalue weighted by Gasteiger charge is 2.29. The van der Waals surface area contributed by atoms with E-state index in [-0.39, 0.29) is 34.8 Å².